The number of piperazine rings is 1. The first-order valence-corrected chi connectivity index (χ1v) is 15.3. The van der Waals surface area contributed by atoms with E-state index in [4.69, 9.17) is 9.47 Å². The first kappa shape index (κ1) is 32.6. The molecule has 1 fully saturated rings. The fraction of sp³-hybridized carbons (Fsp3) is 0.438. The number of carboxylic acids is 1. The molecule has 1 unspecified atom stereocenters. The number of rotatable bonds is 8. The minimum Gasteiger partial charge on any atom is -0.497 e. The normalized spacial score (nSPS) is 15.5. The van der Waals surface area contributed by atoms with Crippen molar-refractivity contribution in [1.82, 2.24) is 15.2 Å². The van der Waals surface area contributed by atoms with E-state index in [0.717, 1.165) is 17.0 Å². The fourth-order valence-electron chi connectivity index (χ4n) is 5.01. The quantitative estimate of drug-likeness (QED) is 0.281. The van der Waals surface area contributed by atoms with Crippen molar-refractivity contribution in [1.29, 1.82) is 0 Å². The highest BCUT2D eigenvalue weighted by Gasteiger charge is 2.32. The number of nitrogens with zero attached hydrogens (tertiary/aromatic N) is 3. The van der Waals surface area contributed by atoms with Crippen LogP contribution >= 0.6 is 11.3 Å². The molecule has 3 amide bonds. The van der Waals surface area contributed by atoms with E-state index in [1.54, 1.807) is 30.2 Å². The van der Waals surface area contributed by atoms with Crippen molar-refractivity contribution in [2.45, 2.75) is 65.1 Å². The molecule has 1 aromatic heterocycles. The molecule has 2 aromatic carbocycles. The van der Waals surface area contributed by atoms with E-state index >= 15 is 0 Å². The summed E-state index contributed by atoms with van der Waals surface area (Å²) in [4.78, 5) is 45.8. The molecule has 1 saturated heterocycles. The second-order valence-corrected chi connectivity index (χ2v) is 13.2. The Balaban J connectivity index is 1.36. The number of aromatic nitrogens is 1. The van der Waals surface area contributed by atoms with Crippen LogP contribution in [0, 0.1) is 0 Å². The molecule has 1 aliphatic heterocycles. The first-order chi connectivity index (χ1) is 20.7. The summed E-state index contributed by atoms with van der Waals surface area (Å²) in [6, 6.07) is 12.3. The van der Waals surface area contributed by atoms with Crippen molar-refractivity contribution < 1.29 is 29.0 Å². The summed E-state index contributed by atoms with van der Waals surface area (Å²) in [5.74, 6) is -0.289. The standard InChI is InChI=1S/C32H41N5O6S/c1-20-18-36(14-15-37(20)30(41)43-31(2,3)4)25-13-8-21(16-24(25)27(38)39)17-33-28(40)35-29-34-26(19-44-29)32(5,6)22-9-11-23(42-7)12-10-22/h8-13,16,19-20H,14-15,17-18H2,1-7H3,(H,38,39)(H2,33,34,35,40). The van der Waals surface area contributed by atoms with Crippen LogP contribution in [-0.2, 0) is 16.7 Å². The van der Waals surface area contributed by atoms with Crippen LogP contribution in [0.1, 0.15) is 68.7 Å². The van der Waals surface area contributed by atoms with E-state index in [1.165, 1.54) is 11.3 Å². The zero-order chi connectivity index (χ0) is 32.2. The van der Waals surface area contributed by atoms with Gasteiger partial charge < -0.3 is 29.7 Å². The molecular weight excluding hydrogens is 582 g/mol. The zero-order valence-electron chi connectivity index (χ0n) is 26.3. The minimum absolute atomic E-state index is 0.130. The zero-order valence-corrected chi connectivity index (χ0v) is 27.1. The summed E-state index contributed by atoms with van der Waals surface area (Å²) in [6.07, 6.45) is -0.377. The van der Waals surface area contributed by atoms with Gasteiger partial charge in [0.05, 0.1) is 24.1 Å². The van der Waals surface area contributed by atoms with Gasteiger partial charge in [-0.05, 0) is 63.1 Å². The second-order valence-electron chi connectivity index (χ2n) is 12.3. The predicted octanol–water partition coefficient (Wildman–Crippen LogP) is 5.94. The fourth-order valence-corrected chi connectivity index (χ4v) is 5.88. The number of urea groups is 1. The summed E-state index contributed by atoms with van der Waals surface area (Å²) in [5.41, 5.74) is 2.26. The van der Waals surface area contributed by atoms with Crippen LogP contribution < -0.4 is 20.3 Å². The third kappa shape index (κ3) is 7.79. The largest absolute Gasteiger partial charge is 0.497 e. The maximum Gasteiger partial charge on any atom is 0.410 e. The topological polar surface area (TPSA) is 133 Å². The van der Waals surface area contributed by atoms with Crippen molar-refractivity contribution in [2.24, 2.45) is 0 Å². The lowest BCUT2D eigenvalue weighted by atomic mass is 9.82. The summed E-state index contributed by atoms with van der Waals surface area (Å²) < 4.78 is 10.8. The molecule has 44 heavy (non-hydrogen) atoms. The average Bonchev–Trinajstić information content (AvgIpc) is 3.44. The Morgan fingerprint density at radius 1 is 1.07 bits per heavy atom. The third-order valence-corrected chi connectivity index (χ3v) is 8.28. The number of aromatic carboxylic acids is 1. The van der Waals surface area contributed by atoms with Crippen LogP contribution in [0.15, 0.2) is 47.8 Å². The van der Waals surface area contributed by atoms with Gasteiger partial charge in [0.1, 0.15) is 11.4 Å². The van der Waals surface area contributed by atoms with E-state index in [2.05, 4.69) is 29.5 Å². The Hall–Kier alpha value is -4.32. The number of carbonyl (C=O) groups excluding carboxylic acids is 2. The number of carbonyl (C=O) groups is 3. The number of methoxy groups -OCH3 is 1. The van der Waals surface area contributed by atoms with Crippen molar-refractivity contribution in [2.75, 3.05) is 37.0 Å². The van der Waals surface area contributed by atoms with E-state index in [1.807, 2.05) is 62.2 Å². The van der Waals surface area contributed by atoms with Crippen molar-refractivity contribution >= 4 is 40.2 Å². The summed E-state index contributed by atoms with van der Waals surface area (Å²) in [7, 11) is 1.63. The van der Waals surface area contributed by atoms with Crippen LogP contribution in [0.2, 0.25) is 0 Å². The molecular formula is C32H41N5O6S. The molecule has 0 aliphatic carbocycles. The lowest BCUT2D eigenvalue weighted by Gasteiger charge is -2.41. The lowest BCUT2D eigenvalue weighted by molar-refractivity contribution is 0.0158. The van der Waals surface area contributed by atoms with E-state index in [9.17, 15) is 19.5 Å². The third-order valence-electron chi connectivity index (χ3n) is 7.52. The van der Waals surface area contributed by atoms with Crippen LogP contribution in [0.3, 0.4) is 0 Å². The van der Waals surface area contributed by atoms with Gasteiger partial charge in [-0.25, -0.2) is 19.4 Å². The number of amides is 3. The summed E-state index contributed by atoms with van der Waals surface area (Å²) in [5, 5.41) is 17.9. The maximum atomic E-state index is 12.7. The number of nitrogens with one attached hydrogen (secondary N) is 2. The van der Waals surface area contributed by atoms with Crippen molar-refractivity contribution in [3.8, 4) is 5.75 Å². The van der Waals surface area contributed by atoms with Crippen LogP contribution in [-0.4, -0.2) is 71.5 Å². The Bertz CT molecular complexity index is 1500. The minimum atomic E-state index is -1.07. The Morgan fingerprint density at radius 3 is 2.39 bits per heavy atom. The van der Waals surface area contributed by atoms with Gasteiger partial charge in [0, 0.05) is 43.0 Å². The number of thiazole rings is 1. The monoisotopic (exact) mass is 623 g/mol. The van der Waals surface area contributed by atoms with Crippen molar-refractivity contribution in [3.05, 3.63) is 70.2 Å². The maximum absolute atomic E-state index is 12.7. The van der Waals surface area contributed by atoms with Gasteiger partial charge >= 0.3 is 18.1 Å². The number of hydrogen-bond acceptors (Lipinski definition) is 8. The molecule has 4 rings (SSSR count). The molecule has 1 aliphatic rings. The molecule has 0 spiro atoms. The molecule has 3 aromatic rings. The van der Waals surface area contributed by atoms with Gasteiger partial charge in [0.25, 0.3) is 0 Å². The number of carboxylic acid groups (broad SMARTS) is 1. The molecule has 12 heteroatoms. The van der Waals surface area contributed by atoms with E-state index < -0.39 is 17.6 Å². The highest BCUT2D eigenvalue weighted by atomic mass is 32.1. The van der Waals surface area contributed by atoms with Gasteiger partial charge in [0.15, 0.2) is 5.13 Å². The average molecular weight is 624 g/mol. The highest BCUT2D eigenvalue weighted by molar-refractivity contribution is 7.13. The second kappa shape index (κ2) is 13.1. The Morgan fingerprint density at radius 2 is 1.77 bits per heavy atom. The SMILES string of the molecule is COc1ccc(C(C)(C)c2csc(NC(=O)NCc3ccc(N4CCN(C(=O)OC(C)(C)C)C(C)C4)c(C(=O)O)c3)n2)cc1. The van der Waals surface area contributed by atoms with Gasteiger partial charge in [-0.15, -0.1) is 11.3 Å². The van der Waals surface area contributed by atoms with Gasteiger partial charge in [-0.1, -0.05) is 32.0 Å². The Labute approximate surface area is 262 Å². The van der Waals surface area contributed by atoms with Gasteiger partial charge in [-0.2, -0.15) is 0 Å². The van der Waals surface area contributed by atoms with Crippen LogP contribution in [0.25, 0.3) is 0 Å². The molecule has 3 N–H and O–H groups in total. The number of hydrogen-bond donors (Lipinski definition) is 3. The van der Waals surface area contributed by atoms with E-state index in [-0.39, 0.29) is 29.7 Å². The number of ether oxygens (including phenoxy) is 2. The molecule has 11 nitrogen and oxygen atoms in total. The van der Waals surface area contributed by atoms with Crippen molar-refractivity contribution in [3.63, 3.8) is 0 Å². The molecule has 0 radical (unpaired) electrons. The van der Waals surface area contributed by atoms with E-state index in [0.29, 0.717) is 36.0 Å². The molecule has 0 saturated carbocycles. The number of anilines is 2. The molecule has 2 heterocycles. The van der Waals surface area contributed by atoms with Crippen LogP contribution in [0.5, 0.6) is 5.75 Å². The lowest BCUT2D eigenvalue weighted by Crippen LogP contribution is -2.55. The first-order valence-electron chi connectivity index (χ1n) is 14.4. The van der Waals surface area contributed by atoms with Crippen LogP contribution in [0.4, 0.5) is 20.4 Å². The Kier molecular flexibility index (Phi) is 9.72. The van der Waals surface area contributed by atoms with Gasteiger partial charge in [0.2, 0.25) is 0 Å². The smallest absolute Gasteiger partial charge is 0.410 e. The molecule has 236 valence electrons. The van der Waals surface area contributed by atoms with Gasteiger partial charge in [-0.3, -0.25) is 5.32 Å². The molecule has 1 atom stereocenters. The summed E-state index contributed by atoms with van der Waals surface area (Å²) in [6.45, 7) is 13.0. The predicted molar refractivity (Wildman–Crippen MR) is 171 cm³/mol. The number of benzene rings is 2. The molecule has 0 bridgehead atoms. The summed E-state index contributed by atoms with van der Waals surface area (Å²) >= 11 is 1.33. The highest BCUT2D eigenvalue weighted by Crippen LogP contribution is 2.34.